The molecular weight excluding hydrogens is 312 g/mol. The van der Waals surface area contributed by atoms with E-state index in [0.717, 1.165) is 4.88 Å². The molecule has 6 nitrogen and oxygen atoms in total. The zero-order valence-corrected chi connectivity index (χ0v) is 12.6. The lowest BCUT2D eigenvalue weighted by molar-refractivity contribution is 0.0417. The van der Waals surface area contributed by atoms with E-state index in [9.17, 15) is 4.79 Å². The fraction of sp³-hybridized carbons (Fsp3) is 0.308. The number of thiophene rings is 1. The van der Waals surface area contributed by atoms with E-state index in [1.807, 2.05) is 22.4 Å². The highest BCUT2D eigenvalue weighted by Gasteiger charge is 2.26. The topological polar surface area (TPSA) is 81.3 Å². The number of carbonyl (C=O) groups excluding carboxylic acids is 1. The monoisotopic (exact) mass is 324 g/mol. The molecule has 1 atom stereocenters. The van der Waals surface area contributed by atoms with Crippen LogP contribution < -0.4 is 10.6 Å². The molecule has 0 spiro atoms. The van der Waals surface area contributed by atoms with Crippen LogP contribution in [0.3, 0.4) is 0 Å². The largest absolute Gasteiger partial charge is 0.369 e. The molecule has 1 amide bonds. The number of anilines is 1. The van der Waals surface area contributed by atoms with Crippen LogP contribution in [0.4, 0.5) is 5.82 Å². The lowest BCUT2D eigenvalue weighted by atomic mass is 10.2. The number of nitrogens with two attached hydrogens (primary N) is 1. The second-order valence-electron chi connectivity index (χ2n) is 4.59. The minimum atomic E-state index is -0.569. The van der Waals surface area contributed by atoms with Crippen LogP contribution in [0.1, 0.15) is 21.3 Å². The predicted molar refractivity (Wildman–Crippen MR) is 80.8 cm³/mol. The Kier molecular flexibility index (Phi) is 4.05. The summed E-state index contributed by atoms with van der Waals surface area (Å²) in [6.45, 7) is 1.76. The number of carbonyl (C=O) groups is 1. The summed E-state index contributed by atoms with van der Waals surface area (Å²) < 4.78 is 5.78. The summed E-state index contributed by atoms with van der Waals surface area (Å²) in [7, 11) is 0. The third kappa shape index (κ3) is 2.99. The summed E-state index contributed by atoms with van der Waals surface area (Å²) in [5.41, 5.74) is 5.68. The van der Waals surface area contributed by atoms with E-state index in [0.29, 0.717) is 25.5 Å². The standard InChI is InChI=1S/C13H13ClN4O2S/c14-11-6-8(12(15)19)13(17-16-11)18-3-4-20-9(7-18)10-2-1-5-21-10/h1-2,5-6,9H,3-4,7H2,(H2,15,19). The van der Waals surface area contributed by atoms with Crippen LogP contribution >= 0.6 is 22.9 Å². The van der Waals surface area contributed by atoms with Crippen LogP contribution in [0.2, 0.25) is 5.15 Å². The van der Waals surface area contributed by atoms with Gasteiger partial charge in [-0.05, 0) is 17.5 Å². The van der Waals surface area contributed by atoms with Gasteiger partial charge in [0.25, 0.3) is 5.91 Å². The molecule has 3 rings (SSSR count). The number of nitrogens with zero attached hydrogens (tertiary/aromatic N) is 3. The van der Waals surface area contributed by atoms with Gasteiger partial charge in [-0.1, -0.05) is 17.7 Å². The number of amides is 1. The molecule has 8 heteroatoms. The lowest BCUT2D eigenvalue weighted by Gasteiger charge is -2.33. The number of ether oxygens (including phenoxy) is 1. The highest BCUT2D eigenvalue weighted by Crippen LogP contribution is 2.29. The van der Waals surface area contributed by atoms with Crippen molar-refractivity contribution in [1.29, 1.82) is 0 Å². The summed E-state index contributed by atoms with van der Waals surface area (Å²) in [4.78, 5) is 14.7. The van der Waals surface area contributed by atoms with E-state index in [1.54, 1.807) is 11.3 Å². The molecular formula is C13H13ClN4O2S. The Morgan fingerprint density at radius 3 is 3.10 bits per heavy atom. The third-order valence-electron chi connectivity index (χ3n) is 3.24. The number of rotatable bonds is 3. The van der Waals surface area contributed by atoms with Crippen LogP contribution in [-0.2, 0) is 4.74 Å². The van der Waals surface area contributed by atoms with Crippen LogP contribution in [-0.4, -0.2) is 35.8 Å². The Hall–Kier alpha value is -1.70. The zero-order valence-electron chi connectivity index (χ0n) is 11.0. The molecule has 1 saturated heterocycles. The van der Waals surface area contributed by atoms with Crippen molar-refractivity contribution in [2.75, 3.05) is 24.6 Å². The highest BCUT2D eigenvalue weighted by molar-refractivity contribution is 7.10. The maximum Gasteiger partial charge on any atom is 0.252 e. The summed E-state index contributed by atoms with van der Waals surface area (Å²) in [6, 6.07) is 5.46. The number of hydrogen-bond donors (Lipinski definition) is 1. The minimum absolute atomic E-state index is 0.0445. The van der Waals surface area contributed by atoms with Crippen LogP contribution in [0.25, 0.3) is 0 Å². The van der Waals surface area contributed by atoms with E-state index >= 15 is 0 Å². The molecule has 1 aliphatic rings. The zero-order chi connectivity index (χ0) is 14.8. The molecule has 0 bridgehead atoms. The number of primary amides is 1. The first-order valence-electron chi connectivity index (χ1n) is 6.38. The molecule has 3 heterocycles. The molecule has 2 aromatic rings. The molecule has 0 aromatic carbocycles. The molecule has 21 heavy (non-hydrogen) atoms. The predicted octanol–water partition coefficient (Wildman–Crippen LogP) is 1.87. The maximum atomic E-state index is 11.6. The smallest absolute Gasteiger partial charge is 0.252 e. The van der Waals surface area contributed by atoms with Gasteiger partial charge >= 0.3 is 0 Å². The number of hydrogen-bond acceptors (Lipinski definition) is 6. The first-order valence-corrected chi connectivity index (χ1v) is 7.64. The fourth-order valence-corrected chi connectivity index (χ4v) is 3.18. The van der Waals surface area contributed by atoms with Gasteiger partial charge < -0.3 is 15.4 Å². The first kappa shape index (κ1) is 14.2. The lowest BCUT2D eigenvalue weighted by Crippen LogP contribution is -2.40. The Labute approximate surface area is 130 Å². The molecule has 0 aliphatic carbocycles. The summed E-state index contributed by atoms with van der Waals surface area (Å²) in [6.07, 6.45) is -0.0445. The van der Waals surface area contributed by atoms with E-state index in [2.05, 4.69) is 10.2 Å². The maximum absolute atomic E-state index is 11.6. The Morgan fingerprint density at radius 1 is 1.52 bits per heavy atom. The van der Waals surface area contributed by atoms with Gasteiger partial charge in [0, 0.05) is 11.4 Å². The molecule has 1 unspecified atom stereocenters. The van der Waals surface area contributed by atoms with Crippen molar-refractivity contribution in [2.24, 2.45) is 5.73 Å². The molecule has 1 aliphatic heterocycles. The Bertz CT molecular complexity index is 650. The number of aromatic nitrogens is 2. The van der Waals surface area contributed by atoms with E-state index in [4.69, 9.17) is 22.1 Å². The second-order valence-corrected chi connectivity index (χ2v) is 5.96. The van der Waals surface area contributed by atoms with Crippen LogP contribution in [0, 0.1) is 0 Å². The highest BCUT2D eigenvalue weighted by atomic mass is 35.5. The third-order valence-corrected chi connectivity index (χ3v) is 4.39. The quantitative estimate of drug-likeness (QED) is 0.932. The average Bonchev–Trinajstić information content (AvgIpc) is 3.01. The van der Waals surface area contributed by atoms with Crippen molar-refractivity contribution in [3.8, 4) is 0 Å². The second kappa shape index (κ2) is 5.97. The average molecular weight is 325 g/mol. The summed E-state index contributed by atoms with van der Waals surface area (Å²) in [5, 5.41) is 10.0. The molecule has 1 fully saturated rings. The first-order chi connectivity index (χ1) is 10.1. The molecule has 2 aromatic heterocycles. The van der Waals surface area contributed by atoms with Crippen molar-refractivity contribution < 1.29 is 9.53 Å². The minimum Gasteiger partial charge on any atom is -0.369 e. The number of halogens is 1. The fourth-order valence-electron chi connectivity index (χ4n) is 2.26. The van der Waals surface area contributed by atoms with Crippen LogP contribution in [0.5, 0.6) is 0 Å². The summed E-state index contributed by atoms with van der Waals surface area (Å²) >= 11 is 7.43. The summed E-state index contributed by atoms with van der Waals surface area (Å²) in [5.74, 6) is -0.113. The van der Waals surface area contributed by atoms with Crippen molar-refractivity contribution in [3.63, 3.8) is 0 Å². The van der Waals surface area contributed by atoms with E-state index < -0.39 is 5.91 Å². The van der Waals surface area contributed by atoms with Gasteiger partial charge in [0.05, 0.1) is 18.7 Å². The van der Waals surface area contributed by atoms with Gasteiger partial charge in [-0.15, -0.1) is 21.5 Å². The van der Waals surface area contributed by atoms with Crippen molar-refractivity contribution in [2.45, 2.75) is 6.10 Å². The Morgan fingerprint density at radius 2 is 2.38 bits per heavy atom. The van der Waals surface area contributed by atoms with Gasteiger partial charge in [-0.2, -0.15) is 0 Å². The molecule has 0 saturated carbocycles. The van der Waals surface area contributed by atoms with Crippen molar-refractivity contribution >= 4 is 34.7 Å². The molecule has 110 valence electrons. The molecule has 2 N–H and O–H groups in total. The Balaban J connectivity index is 1.88. The van der Waals surface area contributed by atoms with Crippen LogP contribution in [0.15, 0.2) is 23.6 Å². The SMILES string of the molecule is NC(=O)c1cc(Cl)nnc1N1CCOC(c2cccs2)C1. The van der Waals surface area contributed by atoms with Gasteiger partial charge in [-0.3, -0.25) is 4.79 Å². The van der Waals surface area contributed by atoms with E-state index in [-0.39, 0.29) is 16.8 Å². The van der Waals surface area contributed by atoms with Crippen molar-refractivity contribution in [3.05, 3.63) is 39.2 Å². The normalized spacial score (nSPS) is 18.7. The van der Waals surface area contributed by atoms with Gasteiger partial charge in [0.2, 0.25) is 0 Å². The molecule has 0 radical (unpaired) electrons. The van der Waals surface area contributed by atoms with Gasteiger partial charge in [0.15, 0.2) is 11.0 Å². The van der Waals surface area contributed by atoms with Crippen molar-refractivity contribution in [1.82, 2.24) is 10.2 Å². The van der Waals surface area contributed by atoms with E-state index in [1.165, 1.54) is 6.07 Å². The number of morpholine rings is 1. The van der Waals surface area contributed by atoms with Gasteiger partial charge in [0.1, 0.15) is 6.10 Å². The van der Waals surface area contributed by atoms with Gasteiger partial charge in [-0.25, -0.2) is 0 Å².